The first kappa shape index (κ1) is 24.1. The topological polar surface area (TPSA) is 73.0 Å². The van der Waals surface area contributed by atoms with Gasteiger partial charge in [0.25, 0.3) is 5.91 Å². The molecular weight excluding hydrogens is 471 g/mol. The molecule has 37 heavy (non-hydrogen) atoms. The summed E-state index contributed by atoms with van der Waals surface area (Å²) in [5, 5.41) is 2.33. The van der Waals surface area contributed by atoms with Crippen molar-refractivity contribution in [2.45, 2.75) is 63.6 Å². The number of piperidine rings is 2. The third kappa shape index (κ3) is 4.75. The second kappa shape index (κ2) is 9.89. The summed E-state index contributed by atoms with van der Waals surface area (Å²) in [6.45, 7) is 5.31. The van der Waals surface area contributed by atoms with Gasteiger partial charge in [-0.15, -0.1) is 0 Å². The number of nitrogens with zero attached hydrogens (tertiary/aromatic N) is 3. The summed E-state index contributed by atoms with van der Waals surface area (Å²) >= 11 is 0. The van der Waals surface area contributed by atoms with E-state index in [1.165, 1.54) is 35.1 Å². The van der Waals surface area contributed by atoms with Crippen LogP contribution in [0.3, 0.4) is 0 Å². The van der Waals surface area contributed by atoms with Crippen LogP contribution in [0.5, 0.6) is 0 Å². The highest BCUT2D eigenvalue weighted by Crippen LogP contribution is 2.38. The predicted octanol–water partition coefficient (Wildman–Crippen LogP) is 3.57. The Kier molecular flexibility index (Phi) is 6.44. The van der Waals surface area contributed by atoms with Gasteiger partial charge in [0.05, 0.1) is 0 Å². The highest BCUT2D eigenvalue weighted by molar-refractivity contribution is 6.05. The van der Waals surface area contributed by atoms with Crippen LogP contribution in [0.25, 0.3) is 0 Å². The van der Waals surface area contributed by atoms with E-state index < -0.39 is 17.8 Å². The average molecular weight is 505 g/mol. The quantitative estimate of drug-likeness (QED) is 0.631. The lowest BCUT2D eigenvalue weighted by molar-refractivity contribution is -0.136. The maximum absolute atomic E-state index is 14.6. The van der Waals surface area contributed by atoms with Crippen molar-refractivity contribution in [3.05, 3.63) is 64.5 Å². The minimum Gasteiger partial charge on any atom is -0.372 e. The van der Waals surface area contributed by atoms with Gasteiger partial charge in [0.2, 0.25) is 11.8 Å². The van der Waals surface area contributed by atoms with Gasteiger partial charge in [-0.05, 0) is 92.1 Å². The molecular formula is C29H33FN4O3. The van der Waals surface area contributed by atoms with E-state index in [0.29, 0.717) is 18.5 Å². The van der Waals surface area contributed by atoms with Gasteiger partial charge in [0, 0.05) is 43.9 Å². The van der Waals surface area contributed by atoms with E-state index in [4.69, 9.17) is 0 Å². The van der Waals surface area contributed by atoms with Crippen molar-refractivity contribution in [3.63, 3.8) is 0 Å². The standard InChI is InChI=1S/C29H33FN4O3/c30-21-15-23(25-18-34(29(37)24(25)16-21)26-7-8-27(35)31-28(26)36)20-9-13-32(14-10-20)17-19-3-5-22(6-4-19)33-11-1-2-12-33/h3-6,15-16,20,26H,1-2,7-14,17-18H2,(H,31,35,36). The van der Waals surface area contributed by atoms with Crippen LogP contribution in [0.1, 0.15) is 71.5 Å². The van der Waals surface area contributed by atoms with Gasteiger partial charge in [0.15, 0.2) is 0 Å². The van der Waals surface area contributed by atoms with E-state index in [0.717, 1.165) is 56.7 Å². The van der Waals surface area contributed by atoms with Crippen LogP contribution < -0.4 is 10.2 Å². The number of halogens is 1. The van der Waals surface area contributed by atoms with Crippen molar-refractivity contribution >= 4 is 23.4 Å². The number of anilines is 1. The Hall–Kier alpha value is -3.26. The van der Waals surface area contributed by atoms with Crippen LogP contribution in [-0.2, 0) is 22.7 Å². The predicted molar refractivity (Wildman–Crippen MR) is 138 cm³/mol. The van der Waals surface area contributed by atoms with Crippen LogP contribution in [0.15, 0.2) is 36.4 Å². The molecule has 1 N–H and O–H groups in total. The number of rotatable bonds is 5. The number of imide groups is 1. The fraction of sp³-hybridized carbons (Fsp3) is 0.483. The molecule has 194 valence electrons. The number of hydrogen-bond acceptors (Lipinski definition) is 5. The molecule has 8 heteroatoms. The Balaban J connectivity index is 1.11. The number of likely N-dealkylation sites (tertiary alicyclic amines) is 1. The lowest BCUT2D eigenvalue weighted by Gasteiger charge is -2.33. The van der Waals surface area contributed by atoms with E-state index in [1.54, 1.807) is 6.07 Å². The fourth-order valence-corrected chi connectivity index (χ4v) is 6.47. The van der Waals surface area contributed by atoms with E-state index in [-0.39, 0.29) is 24.2 Å². The molecule has 2 aromatic carbocycles. The summed E-state index contributed by atoms with van der Waals surface area (Å²) < 4.78 is 14.6. The molecule has 0 aliphatic carbocycles. The maximum Gasteiger partial charge on any atom is 0.255 e. The van der Waals surface area contributed by atoms with Gasteiger partial charge in [-0.3, -0.25) is 24.6 Å². The Morgan fingerprint density at radius 1 is 0.919 bits per heavy atom. The number of benzene rings is 2. The molecule has 4 heterocycles. The molecule has 4 aliphatic heterocycles. The Morgan fingerprint density at radius 2 is 1.65 bits per heavy atom. The summed E-state index contributed by atoms with van der Waals surface area (Å²) in [6.07, 6.45) is 4.85. The smallest absolute Gasteiger partial charge is 0.255 e. The monoisotopic (exact) mass is 504 g/mol. The van der Waals surface area contributed by atoms with Crippen LogP contribution in [0.4, 0.5) is 10.1 Å². The average Bonchev–Trinajstić information content (AvgIpc) is 3.54. The Morgan fingerprint density at radius 3 is 2.35 bits per heavy atom. The largest absolute Gasteiger partial charge is 0.372 e. The molecule has 3 amide bonds. The van der Waals surface area contributed by atoms with Gasteiger partial charge < -0.3 is 9.80 Å². The summed E-state index contributed by atoms with van der Waals surface area (Å²) in [7, 11) is 0. The van der Waals surface area contributed by atoms with E-state index in [9.17, 15) is 18.8 Å². The molecule has 6 rings (SSSR count). The molecule has 0 radical (unpaired) electrons. The van der Waals surface area contributed by atoms with Crippen molar-refractivity contribution in [2.75, 3.05) is 31.1 Å². The minimum absolute atomic E-state index is 0.174. The first-order chi connectivity index (χ1) is 18.0. The molecule has 1 unspecified atom stereocenters. The zero-order valence-corrected chi connectivity index (χ0v) is 21.0. The minimum atomic E-state index is -0.688. The van der Waals surface area contributed by atoms with Crippen LogP contribution in [-0.4, -0.2) is 59.7 Å². The Bertz CT molecular complexity index is 1220. The van der Waals surface area contributed by atoms with Gasteiger partial charge in [-0.2, -0.15) is 0 Å². The summed E-state index contributed by atoms with van der Waals surface area (Å²) in [6, 6.07) is 11.1. The van der Waals surface area contributed by atoms with Gasteiger partial charge in [-0.25, -0.2) is 4.39 Å². The third-order valence-electron chi connectivity index (χ3n) is 8.50. The molecule has 0 aromatic heterocycles. The third-order valence-corrected chi connectivity index (χ3v) is 8.50. The number of amides is 3. The molecule has 0 bridgehead atoms. The molecule has 1 atom stereocenters. The van der Waals surface area contributed by atoms with Crippen molar-refractivity contribution in [2.24, 2.45) is 0 Å². The molecule has 0 spiro atoms. The molecule has 4 aliphatic rings. The van der Waals surface area contributed by atoms with Gasteiger partial charge >= 0.3 is 0 Å². The second-order valence-corrected chi connectivity index (χ2v) is 10.8. The van der Waals surface area contributed by atoms with E-state index in [2.05, 4.69) is 39.4 Å². The maximum atomic E-state index is 14.6. The highest BCUT2D eigenvalue weighted by atomic mass is 19.1. The normalized spacial score (nSPS) is 23.1. The summed E-state index contributed by atoms with van der Waals surface area (Å²) in [5.74, 6) is -1.31. The molecule has 3 saturated heterocycles. The lowest BCUT2D eigenvalue weighted by Crippen LogP contribution is -2.52. The van der Waals surface area contributed by atoms with E-state index >= 15 is 0 Å². The van der Waals surface area contributed by atoms with Crippen molar-refractivity contribution in [1.29, 1.82) is 0 Å². The first-order valence-electron chi connectivity index (χ1n) is 13.5. The zero-order chi connectivity index (χ0) is 25.5. The van der Waals surface area contributed by atoms with Crippen molar-refractivity contribution in [3.8, 4) is 0 Å². The number of hydrogen-bond donors (Lipinski definition) is 1. The zero-order valence-electron chi connectivity index (χ0n) is 21.0. The summed E-state index contributed by atoms with van der Waals surface area (Å²) in [5.41, 5.74) is 4.71. The number of fused-ring (bicyclic) bond motifs is 1. The van der Waals surface area contributed by atoms with Crippen LogP contribution in [0.2, 0.25) is 0 Å². The number of nitrogens with one attached hydrogen (secondary N) is 1. The fourth-order valence-electron chi connectivity index (χ4n) is 6.47. The number of carbonyl (C=O) groups is 3. The molecule has 2 aromatic rings. The first-order valence-corrected chi connectivity index (χ1v) is 13.5. The lowest BCUT2D eigenvalue weighted by atomic mass is 9.85. The second-order valence-electron chi connectivity index (χ2n) is 10.8. The molecule has 7 nitrogen and oxygen atoms in total. The van der Waals surface area contributed by atoms with Gasteiger partial charge in [-0.1, -0.05) is 12.1 Å². The molecule has 3 fully saturated rings. The summed E-state index contributed by atoms with van der Waals surface area (Å²) in [4.78, 5) is 43.5. The SMILES string of the molecule is O=C1CCC(N2Cc3c(cc(F)cc3C3CCN(Cc4ccc(N5CCCC5)cc4)CC3)C2=O)C(=O)N1. The Labute approximate surface area is 216 Å². The van der Waals surface area contributed by atoms with Crippen LogP contribution in [0, 0.1) is 5.82 Å². The van der Waals surface area contributed by atoms with Crippen molar-refractivity contribution in [1.82, 2.24) is 15.1 Å². The highest BCUT2D eigenvalue weighted by Gasteiger charge is 2.41. The van der Waals surface area contributed by atoms with E-state index in [1.807, 2.05) is 0 Å². The van der Waals surface area contributed by atoms with Crippen LogP contribution >= 0.6 is 0 Å². The molecule has 0 saturated carbocycles. The van der Waals surface area contributed by atoms with Gasteiger partial charge in [0.1, 0.15) is 11.9 Å². The van der Waals surface area contributed by atoms with Crippen molar-refractivity contribution < 1.29 is 18.8 Å². The number of carbonyl (C=O) groups excluding carboxylic acids is 3.